The van der Waals surface area contributed by atoms with Crippen molar-refractivity contribution in [3.8, 4) is 0 Å². The lowest BCUT2D eigenvalue weighted by Crippen LogP contribution is -2.18. The Kier molecular flexibility index (Phi) is 6.47. The third-order valence-electron chi connectivity index (χ3n) is 2.39. The zero-order chi connectivity index (χ0) is 14.8. The number of nitrogens with one attached hydrogen (secondary N) is 2. The Labute approximate surface area is 118 Å². The number of pyridine rings is 1. The number of carbonyl (C=O) groups is 2. The van der Waals surface area contributed by atoms with Gasteiger partial charge >= 0.3 is 0 Å². The van der Waals surface area contributed by atoms with E-state index < -0.39 is 0 Å². The van der Waals surface area contributed by atoms with Gasteiger partial charge in [0, 0.05) is 25.9 Å². The predicted molar refractivity (Wildman–Crippen MR) is 77.5 cm³/mol. The summed E-state index contributed by atoms with van der Waals surface area (Å²) in [5.74, 6) is -0.193. The van der Waals surface area contributed by atoms with Gasteiger partial charge in [0.05, 0.1) is 0 Å². The van der Waals surface area contributed by atoms with Crippen molar-refractivity contribution in [1.29, 1.82) is 0 Å². The Bertz CT molecular complexity index is 490. The van der Waals surface area contributed by atoms with E-state index >= 15 is 0 Å². The Morgan fingerprint density at radius 3 is 1.95 bits per heavy atom. The molecule has 0 unspecified atom stereocenters. The molecule has 104 valence electrons. The highest BCUT2D eigenvalue weighted by atomic mass is 16.2. The van der Waals surface area contributed by atoms with Crippen molar-refractivity contribution >= 4 is 11.8 Å². The van der Waals surface area contributed by atoms with Crippen molar-refractivity contribution < 1.29 is 9.59 Å². The molecule has 0 aliphatic rings. The lowest BCUT2D eigenvalue weighted by atomic mass is 10.2. The summed E-state index contributed by atoms with van der Waals surface area (Å²) in [5.41, 5.74) is 1.15. The molecular weight excluding hydrogens is 254 g/mol. The quantitative estimate of drug-likeness (QED) is 0.869. The fraction of sp³-hybridized carbons (Fsp3) is 0.133. The Balaban J connectivity index is 0.000000200. The molecule has 2 rings (SSSR count). The topological polar surface area (TPSA) is 71.1 Å². The van der Waals surface area contributed by atoms with Gasteiger partial charge in [-0.05, 0) is 24.3 Å². The highest BCUT2D eigenvalue weighted by molar-refractivity contribution is 5.93. The zero-order valence-corrected chi connectivity index (χ0v) is 11.5. The number of hydrogen-bond acceptors (Lipinski definition) is 3. The molecule has 0 radical (unpaired) electrons. The van der Waals surface area contributed by atoms with Gasteiger partial charge < -0.3 is 10.6 Å². The number of hydrogen-bond donors (Lipinski definition) is 2. The molecule has 0 saturated heterocycles. The van der Waals surface area contributed by atoms with Gasteiger partial charge in [0.1, 0.15) is 5.69 Å². The van der Waals surface area contributed by atoms with E-state index in [1.54, 1.807) is 50.6 Å². The van der Waals surface area contributed by atoms with E-state index in [4.69, 9.17) is 0 Å². The minimum absolute atomic E-state index is 0.0411. The SMILES string of the molecule is CNC(=O)c1ccccc1.CNC(=O)c1ccccn1. The second-order valence-electron chi connectivity index (χ2n) is 3.74. The van der Waals surface area contributed by atoms with Crippen LogP contribution in [-0.4, -0.2) is 30.9 Å². The summed E-state index contributed by atoms with van der Waals surface area (Å²) >= 11 is 0. The molecular formula is C15H17N3O2. The van der Waals surface area contributed by atoms with Gasteiger partial charge in [0.2, 0.25) is 0 Å². The molecule has 0 aliphatic carbocycles. The van der Waals surface area contributed by atoms with Gasteiger partial charge in [-0.3, -0.25) is 14.6 Å². The molecule has 5 nitrogen and oxygen atoms in total. The maximum absolute atomic E-state index is 10.9. The minimum Gasteiger partial charge on any atom is -0.355 e. The summed E-state index contributed by atoms with van der Waals surface area (Å²) in [6, 6.07) is 14.3. The molecule has 0 bridgehead atoms. The first-order chi connectivity index (χ1) is 9.69. The van der Waals surface area contributed by atoms with Crippen LogP contribution in [0.2, 0.25) is 0 Å². The number of benzene rings is 1. The number of aromatic nitrogens is 1. The first kappa shape index (κ1) is 15.4. The highest BCUT2D eigenvalue weighted by Gasteiger charge is 2.00. The van der Waals surface area contributed by atoms with Crippen LogP contribution in [0.5, 0.6) is 0 Å². The Morgan fingerprint density at radius 1 is 0.850 bits per heavy atom. The monoisotopic (exact) mass is 271 g/mol. The average molecular weight is 271 g/mol. The molecule has 0 saturated carbocycles. The fourth-order valence-corrected chi connectivity index (χ4v) is 1.36. The standard InChI is InChI=1S/C8H9NO.C7H8N2O/c1-9-8(10)7-5-3-2-4-6-7;1-8-7(10)6-4-2-3-5-9-6/h2-6H,1H3,(H,9,10);2-5H,1H3,(H,8,10). The van der Waals surface area contributed by atoms with Crippen molar-refractivity contribution in [3.05, 3.63) is 66.0 Å². The third-order valence-corrected chi connectivity index (χ3v) is 2.39. The predicted octanol–water partition coefficient (Wildman–Crippen LogP) is 1.49. The number of amides is 2. The van der Waals surface area contributed by atoms with Crippen LogP contribution < -0.4 is 10.6 Å². The molecule has 2 N–H and O–H groups in total. The van der Waals surface area contributed by atoms with Crippen LogP contribution in [0.15, 0.2) is 54.7 Å². The van der Waals surface area contributed by atoms with E-state index in [9.17, 15) is 9.59 Å². The van der Waals surface area contributed by atoms with E-state index in [1.165, 1.54) is 0 Å². The second kappa shape index (κ2) is 8.42. The van der Waals surface area contributed by atoms with E-state index in [1.807, 2.05) is 18.2 Å². The van der Waals surface area contributed by atoms with Gasteiger partial charge in [-0.25, -0.2) is 0 Å². The maximum Gasteiger partial charge on any atom is 0.269 e. The van der Waals surface area contributed by atoms with Gasteiger partial charge in [-0.2, -0.15) is 0 Å². The van der Waals surface area contributed by atoms with Gasteiger partial charge in [0.15, 0.2) is 0 Å². The molecule has 0 spiro atoms. The molecule has 0 aliphatic heterocycles. The fourth-order valence-electron chi connectivity index (χ4n) is 1.36. The summed E-state index contributed by atoms with van der Waals surface area (Å²) < 4.78 is 0. The Morgan fingerprint density at radius 2 is 1.45 bits per heavy atom. The minimum atomic E-state index is -0.152. The summed E-state index contributed by atoms with van der Waals surface area (Å²) in [7, 11) is 3.20. The molecule has 2 amide bonds. The Hall–Kier alpha value is -2.69. The van der Waals surface area contributed by atoms with Crippen LogP contribution in [0.4, 0.5) is 0 Å². The molecule has 1 aromatic carbocycles. The maximum atomic E-state index is 10.9. The van der Waals surface area contributed by atoms with Crippen molar-refractivity contribution in [3.63, 3.8) is 0 Å². The summed E-state index contributed by atoms with van der Waals surface area (Å²) in [4.78, 5) is 25.6. The van der Waals surface area contributed by atoms with Gasteiger partial charge in [-0.1, -0.05) is 24.3 Å². The van der Waals surface area contributed by atoms with Crippen LogP contribution in [0.3, 0.4) is 0 Å². The zero-order valence-electron chi connectivity index (χ0n) is 11.5. The first-order valence-electron chi connectivity index (χ1n) is 6.09. The summed E-state index contributed by atoms with van der Waals surface area (Å²) in [6.07, 6.45) is 1.59. The molecule has 0 fully saturated rings. The largest absolute Gasteiger partial charge is 0.355 e. The van der Waals surface area contributed by atoms with E-state index in [-0.39, 0.29) is 11.8 Å². The van der Waals surface area contributed by atoms with Crippen LogP contribution in [0, 0.1) is 0 Å². The lowest BCUT2D eigenvalue weighted by molar-refractivity contribution is 0.0952. The van der Waals surface area contributed by atoms with Crippen molar-refractivity contribution in [1.82, 2.24) is 15.6 Å². The lowest BCUT2D eigenvalue weighted by Gasteiger charge is -1.96. The molecule has 2 aromatic rings. The number of rotatable bonds is 2. The van der Waals surface area contributed by atoms with E-state index in [2.05, 4.69) is 15.6 Å². The van der Waals surface area contributed by atoms with E-state index in [0.29, 0.717) is 11.3 Å². The normalized spacial score (nSPS) is 8.90. The van der Waals surface area contributed by atoms with Gasteiger partial charge in [-0.15, -0.1) is 0 Å². The highest BCUT2D eigenvalue weighted by Crippen LogP contribution is 1.96. The second-order valence-corrected chi connectivity index (χ2v) is 3.74. The van der Waals surface area contributed by atoms with Gasteiger partial charge in [0.25, 0.3) is 11.8 Å². The van der Waals surface area contributed by atoms with Crippen molar-refractivity contribution in [2.45, 2.75) is 0 Å². The summed E-state index contributed by atoms with van der Waals surface area (Å²) in [5, 5.41) is 5.02. The summed E-state index contributed by atoms with van der Waals surface area (Å²) in [6.45, 7) is 0. The van der Waals surface area contributed by atoms with Crippen LogP contribution in [0.25, 0.3) is 0 Å². The van der Waals surface area contributed by atoms with Crippen molar-refractivity contribution in [2.75, 3.05) is 14.1 Å². The van der Waals surface area contributed by atoms with Crippen LogP contribution >= 0.6 is 0 Å². The average Bonchev–Trinajstić information content (AvgIpc) is 2.55. The smallest absolute Gasteiger partial charge is 0.269 e. The molecule has 1 aromatic heterocycles. The molecule has 20 heavy (non-hydrogen) atoms. The number of carbonyl (C=O) groups excluding carboxylic acids is 2. The third kappa shape index (κ3) is 4.89. The van der Waals surface area contributed by atoms with Crippen LogP contribution in [-0.2, 0) is 0 Å². The van der Waals surface area contributed by atoms with Crippen LogP contribution in [0.1, 0.15) is 20.8 Å². The van der Waals surface area contributed by atoms with Crippen molar-refractivity contribution in [2.24, 2.45) is 0 Å². The first-order valence-corrected chi connectivity index (χ1v) is 6.09. The molecule has 0 atom stereocenters. The van der Waals surface area contributed by atoms with E-state index in [0.717, 1.165) is 0 Å². The molecule has 1 heterocycles. The molecule has 5 heteroatoms. The number of nitrogens with zero attached hydrogens (tertiary/aromatic N) is 1.